The minimum absolute atomic E-state index is 0.615. The fourth-order valence-corrected chi connectivity index (χ4v) is 1.96. The second-order valence-electron chi connectivity index (χ2n) is 5.21. The Bertz CT molecular complexity index is 595. The summed E-state index contributed by atoms with van der Waals surface area (Å²) in [5, 5.41) is 6.56. The average Bonchev–Trinajstić information content (AvgIpc) is 2.45. The van der Waals surface area contributed by atoms with Crippen LogP contribution in [0.1, 0.15) is 19.0 Å². The van der Waals surface area contributed by atoms with Gasteiger partial charge in [0.2, 0.25) is 5.95 Å². The lowest BCUT2D eigenvalue weighted by Gasteiger charge is -2.14. The first-order chi connectivity index (χ1) is 10.1. The monoisotopic (exact) mass is 285 g/mol. The molecule has 1 aromatic heterocycles. The van der Waals surface area contributed by atoms with E-state index in [1.165, 1.54) is 0 Å². The smallest absolute Gasteiger partial charge is 0.229 e. The summed E-state index contributed by atoms with van der Waals surface area (Å²) in [4.78, 5) is 11.0. The molecule has 0 amide bonds. The Morgan fingerprint density at radius 2 is 1.95 bits per heavy atom. The maximum Gasteiger partial charge on any atom is 0.229 e. The minimum atomic E-state index is 0.615. The third-order valence-corrected chi connectivity index (χ3v) is 3.03. The van der Waals surface area contributed by atoms with Crippen LogP contribution in [0.25, 0.3) is 0 Å². The second kappa shape index (κ2) is 6.92. The van der Waals surface area contributed by atoms with Crippen molar-refractivity contribution in [2.45, 2.75) is 20.3 Å². The van der Waals surface area contributed by atoms with Crippen LogP contribution >= 0.6 is 0 Å². The lowest BCUT2D eigenvalue weighted by Crippen LogP contribution is -2.09. The maximum atomic E-state index is 4.49. The Labute approximate surface area is 126 Å². The molecule has 2 N–H and O–H groups in total. The van der Waals surface area contributed by atoms with Gasteiger partial charge in [-0.15, -0.1) is 0 Å². The molecule has 21 heavy (non-hydrogen) atoms. The topological polar surface area (TPSA) is 53.1 Å². The fourth-order valence-electron chi connectivity index (χ4n) is 1.96. The van der Waals surface area contributed by atoms with Gasteiger partial charge in [0.15, 0.2) is 0 Å². The molecule has 0 aliphatic carbocycles. The van der Waals surface area contributed by atoms with E-state index in [1.807, 2.05) is 39.2 Å². The third kappa shape index (κ3) is 4.34. The Balaban J connectivity index is 2.18. The zero-order chi connectivity index (χ0) is 15.2. The van der Waals surface area contributed by atoms with Crippen LogP contribution in [0, 0.1) is 6.92 Å². The third-order valence-electron chi connectivity index (χ3n) is 3.03. The molecule has 0 atom stereocenters. The normalized spacial score (nSPS) is 10.3. The Hall–Kier alpha value is -2.30. The molecule has 5 heteroatoms. The van der Waals surface area contributed by atoms with Crippen molar-refractivity contribution in [2.75, 3.05) is 36.2 Å². The molecular formula is C16H23N5. The second-order valence-corrected chi connectivity index (χ2v) is 5.21. The van der Waals surface area contributed by atoms with Gasteiger partial charge in [-0.1, -0.05) is 13.0 Å². The predicted molar refractivity (Wildman–Crippen MR) is 89.6 cm³/mol. The van der Waals surface area contributed by atoms with Crippen LogP contribution in [0.2, 0.25) is 0 Å². The SMILES string of the molecule is CCCNc1cc(C)nc(Nc2cccc(N(C)C)c2)n1. The van der Waals surface area contributed by atoms with E-state index in [-0.39, 0.29) is 0 Å². The fraction of sp³-hybridized carbons (Fsp3) is 0.375. The first-order valence-corrected chi connectivity index (χ1v) is 7.22. The van der Waals surface area contributed by atoms with Gasteiger partial charge in [0.25, 0.3) is 0 Å². The van der Waals surface area contributed by atoms with Crippen LogP contribution in [0.3, 0.4) is 0 Å². The van der Waals surface area contributed by atoms with Gasteiger partial charge in [-0.05, 0) is 31.5 Å². The van der Waals surface area contributed by atoms with Gasteiger partial charge in [-0.2, -0.15) is 4.98 Å². The van der Waals surface area contributed by atoms with Gasteiger partial charge in [0, 0.05) is 43.8 Å². The number of aryl methyl sites for hydroxylation is 1. The number of hydrogen-bond acceptors (Lipinski definition) is 5. The van der Waals surface area contributed by atoms with Crippen molar-refractivity contribution in [3.63, 3.8) is 0 Å². The molecule has 0 spiro atoms. The molecule has 1 aromatic carbocycles. The van der Waals surface area contributed by atoms with Gasteiger partial charge in [-0.3, -0.25) is 0 Å². The highest BCUT2D eigenvalue weighted by Crippen LogP contribution is 2.20. The van der Waals surface area contributed by atoms with Crippen molar-refractivity contribution in [2.24, 2.45) is 0 Å². The van der Waals surface area contributed by atoms with Crippen molar-refractivity contribution in [3.05, 3.63) is 36.0 Å². The van der Waals surface area contributed by atoms with Crippen LogP contribution in [-0.2, 0) is 0 Å². The lowest BCUT2D eigenvalue weighted by molar-refractivity contribution is 0.962. The first-order valence-electron chi connectivity index (χ1n) is 7.22. The zero-order valence-corrected chi connectivity index (χ0v) is 13.1. The number of benzene rings is 1. The highest BCUT2D eigenvalue weighted by Gasteiger charge is 2.04. The standard InChI is InChI=1S/C16H23N5/c1-5-9-17-15-10-12(2)18-16(20-15)19-13-7-6-8-14(11-13)21(3)4/h6-8,10-11H,5,9H2,1-4H3,(H2,17,18,19,20). The summed E-state index contributed by atoms with van der Waals surface area (Å²) in [5.41, 5.74) is 3.06. The molecule has 5 nitrogen and oxygen atoms in total. The number of aromatic nitrogens is 2. The molecule has 112 valence electrons. The van der Waals surface area contributed by atoms with Crippen molar-refractivity contribution in [1.29, 1.82) is 0 Å². The van der Waals surface area contributed by atoms with E-state index < -0.39 is 0 Å². The van der Waals surface area contributed by atoms with Gasteiger partial charge < -0.3 is 15.5 Å². The summed E-state index contributed by atoms with van der Waals surface area (Å²) in [7, 11) is 4.05. The Morgan fingerprint density at radius 3 is 2.67 bits per heavy atom. The molecule has 0 bridgehead atoms. The molecule has 0 unspecified atom stereocenters. The van der Waals surface area contributed by atoms with Crippen LogP contribution in [0.5, 0.6) is 0 Å². The summed E-state index contributed by atoms with van der Waals surface area (Å²) in [6.45, 7) is 5.01. The summed E-state index contributed by atoms with van der Waals surface area (Å²) in [5.74, 6) is 1.47. The van der Waals surface area contributed by atoms with Crippen molar-refractivity contribution in [1.82, 2.24) is 9.97 Å². The highest BCUT2D eigenvalue weighted by molar-refractivity contribution is 5.62. The van der Waals surface area contributed by atoms with E-state index in [0.717, 1.165) is 35.9 Å². The molecule has 0 saturated carbocycles. The zero-order valence-electron chi connectivity index (χ0n) is 13.1. The molecule has 1 heterocycles. The van der Waals surface area contributed by atoms with Crippen LogP contribution < -0.4 is 15.5 Å². The van der Waals surface area contributed by atoms with E-state index in [1.54, 1.807) is 0 Å². The molecule has 2 aromatic rings. The Morgan fingerprint density at radius 1 is 1.14 bits per heavy atom. The molecule has 0 radical (unpaired) electrons. The van der Waals surface area contributed by atoms with E-state index >= 15 is 0 Å². The Kier molecular flexibility index (Phi) is 4.98. The van der Waals surface area contributed by atoms with Gasteiger partial charge >= 0.3 is 0 Å². The summed E-state index contributed by atoms with van der Waals surface area (Å²) >= 11 is 0. The molecule has 2 rings (SSSR count). The number of hydrogen-bond donors (Lipinski definition) is 2. The summed E-state index contributed by atoms with van der Waals surface area (Å²) in [6.07, 6.45) is 1.07. The predicted octanol–water partition coefficient (Wildman–Crippen LogP) is 3.42. The van der Waals surface area contributed by atoms with E-state index in [9.17, 15) is 0 Å². The minimum Gasteiger partial charge on any atom is -0.378 e. The maximum absolute atomic E-state index is 4.49. The van der Waals surface area contributed by atoms with Crippen LogP contribution in [0.4, 0.5) is 23.1 Å². The molecule has 0 aliphatic rings. The van der Waals surface area contributed by atoms with Crippen LogP contribution in [0.15, 0.2) is 30.3 Å². The molecular weight excluding hydrogens is 262 g/mol. The van der Waals surface area contributed by atoms with Crippen LogP contribution in [-0.4, -0.2) is 30.6 Å². The number of rotatable bonds is 6. The quantitative estimate of drug-likeness (QED) is 0.851. The first kappa shape index (κ1) is 15.1. The van der Waals surface area contributed by atoms with Crippen molar-refractivity contribution >= 4 is 23.1 Å². The molecule has 0 aliphatic heterocycles. The summed E-state index contributed by atoms with van der Waals surface area (Å²) in [6, 6.07) is 10.1. The summed E-state index contributed by atoms with van der Waals surface area (Å²) < 4.78 is 0. The highest BCUT2D eigenvalue weighted by atomic mass is 15.1. The average molecular weight is 285 g/mol. The van der Waals surface area contributed by atoms with Gasteiger partial charge in [0.05, 0.1) is 0 Å². The largest absolute Gasteiger partial charge is 0.378 e. The lowest BCUT2D eigenvalue weighted by atomic mass is 10.2. The van der Waals surface area contributed by atoms with E-state index in [0.29, 0.717) is 5.95 Å². The van der Waals surface area contributed by atoms with Gasteiger partial charge in [0.1, 0.15) is 5.82 Å². The van der Waals surface area contributed by atoms with Crippen molar-refractivity contribution < 1.29 is 0 Å². The number of nitrogens with zero attached hydrogens (tertiary/aromatic N) is 3. The number of nitrogens with one attached hydrogen (secondary N) is 2. The van der Waals surface area contributed by atoms with Gasteiger partial charge in [-0.25, -0.2) is 4.98 Å². The molecule has 0 fully saturated rings. The van der Waals surface area contributed by atoms with E-state index in [4.69, 9.17) is 0 Å². The van der Waals surface area contributed by atoms with Crippen molar-refractivity contribution in [3.8, 4) is 0 Å². The number of anilines is 4. The molecule has 0 saturated heterocycles. The van der Waals surface area contributed by atoms with E-state index in [2.05, 4.69) is 44.6 Å².